The van der Waals surface area contributed by atoms with Gasteiger partial charge in [-0.15, -0.1) is 11.3 Å². The minimum atomic E-state index is 0.172. The summed E-state index contributed by atoms with van der Waals surface area (Å²) in [7, 11) is 0. The van der Waals surface area contributed by atoms with Crippen molar-refractivity contribution in [1.29, 1.82) is 0 Å². The van der Waals surface area contributed by atoms with Gasteiger partial charge in [0.1, 0.15) is 0 Å². The van der Waals surface area contributed by atoms with E-state index in [9.17, 15) is 0 Å². The van der Waals surface area contributed by atoms with Crippen LogP contribution in [0.4, 0.5) is 0 Å². The fraction of sp³-hybridized carbons (Fsp3) is 0.800. The fourth-order valence-corrected chi connectivity index (χ4v) is 3.08. The molecular weight excluding hydrogens is 240 g/mol. The van der Waals surface area contributed by atoms with Crippen LogP contribution in [0.25, 0.3) is 0 Å². The van der Waals surface area contributed by atoms with Crippen molar-refractivity contribution in [3.63, 3.8) is 0 Å². The highest BCUT2D eigenvalue weighted by Gasteiger charge is 2.18. The molecule has 1 N–H and O–H groups in total. The molecule has 0 amide bonds. The molecule has 0 aliphatic heterocycles. The molecule has 3 heteroatoms. The van der Waals surface area contributed by atoms with E-state index in [0.717, 1.165) is 13.0 Å². The molecule has 2 nitrogen and oxygen atoms in total. The molecule has 0 aliphatic carbocycles. The quantitative estimate of drug-likeness (QED) is 0.803. The Labute approximate surface area is 116 Å². The van der Waals surface area contributed by atoms with Gasteiger partial charge < -0.3 is 5.32 Å². The standard InChI is InChI=1S/C15H28N2S/c1-6-8-9-12(16-7-2)10-14-17-13(11-18-14)15(3,4)5/h11-12,16H,6-10H2,1-5H3. The van der Waals surface area contributed by atoms with Crippen molar-refractivity contribution in [2.75, 3.05) is 6.54 Å². The third-order valence-corrected chi connectivity index (χ3v) is 4.01. The molecule has 0 spiro atoms. The second-order valence-corrected chi connectivity index (χ2v) is 6.92. The van der Waals surface area contributed by atoms with Gasteiger partial charge in [0.15, 0.2) is 0 Å². The first-order chi connectivity index (χ1) is 8.47. The average molecular weight is 268 g/mol. The lowest BCUT2D eigenvalue weighted by atomic mass is 9.93. The molecule has 104 valence electrons. The molecular formula is C15H28N2S. The van der Waals surface area contributed by atoms with Crippen LogP contribution in [0.1, 0.15) is 64.6 Å². The summed E-state index contributed by atoms with van der Waals surface area (Å²) in [6.45, 7) is 12.2. The minimum Gasteiger partial charge on any atom is -0.314 e. The van der Waals surface area contributed by atoms with Crippen LogP contribution < -0.4 is 5.32 Å². The Bertz CT molecular complexity index is 339. The van der Waals surface area contributed by atoms with Crippen molar-refractivity contribution >= 4 is 11.3 Å². The largest absolute Gasteiger partial charge is 0.314 e. The van der Waals surface area contributed by atoms with Gasteiger partial charge in [-0.3, -0.25) is 0 Å². The number of hydrogen-bond donors (Lipinski definition) is 1. The van der Waals surface area contributed by atoms with E-state index in [-0.39, 0.29) is 5.41 Å². The van der Waals surface area contributed by atoms with Crippen molar-refractivity contribution < 1.29 is 0 Å². The maximum absolute atomic E-state index is 4.79. The number of rotatable bonds is 7. The van der Waals surface area contributed by atoms with Crippen LogP contribution in [0.3, 0.4) is 0 Å². The van der Waals surface area contributed by atoms with E-state index in [0.29, 0.717) is 6.04 Å². The van der Waals surface area contributed by atoms with Crippen molar-refractivity contribution in [1.82, 2.24) is 10.3 Å². The first-order valence-corrected chi connectivity index (χ1v) is 8.03. The predicted octanol–water partition coefficient (Wildman–Crippen LogP) is 4.15. The highest BCUT2D eigenvalue weighted by Crippen LogP contribution is 2.24. The summed E-state index contributed by atoms with van der Waals surface area (Å²) in [4.78, 5) is 4.79. The van der Waals surface area contributed by atoms with Gasteiger partial charge in [0.25, 0.3) is 0 Å². The lowest BCUT2D eigenvalue weighted by Crippen LogP contribution is -2.30. The molecule has 0 saturated carbocycles. The number of nitrogens with zero attached hydrogens (tertiary/aromatic N) is 1. The van der Waals surface area contributed by atoms with E-state index in [1.807, 2.05) is 11.3 Å². The molecule has 1 heterocycles. The van der Waals surface area contributed by atoms with E-state index in [1.54, 1.807) is 0 Å². The monoisotopic (exact) mass is 268 g/mol. The van der Waals surface area contributed by atoms with Crippen molar-refractivity contribution in [3.05, 3.63) is 16.1 Å². The van der Waals surface area contributed by atoms with Gasteiger partial charge in [-0.05, 0) is 13.0 Å². The Kier molecular flexibility index (Phi) is 6.30. The zero-order valence-corrected chi connectivity index (χ0v) is 13.4. The van der Waals surface area contributed by atoms with E-state index >= 15 is 0 Å². The van der Waals surface area contributed by atoms with Gasteiger partial charge in [-0.25, -0.2) is 4.98 Å². The maximum atomic E-state index is 4.79. The molecule has 18 heavy (non-hydrogen) atoms. The van der Waals surface area contributed by atoms with Crippen LogP contribution in [0.2, 0.25) is 0 Å². The predicted molar refractivity (Wildman–Crippen MR) is 81.5 cm³/mol. The summed E-state index contributed by atoms with van der Waals surface area (Å²) < 4.78 is 0. The van der Waals surface area contributed by atoms with E-state index < -0.39 is 0 Å². The highest BCUT2D eigenvalue weighted by atomic mass is 32.1. The smallest absolute Gasteiger partial charge is 0.0944 e. The van der Waals surface area contributed by atoms with Gasteiger partial charge in [0.05, 0.1) is 10.7 Å². The van der Waals surface area contributed by atoms with Crippen LogP contribution in [-0.4, -0.2) is 17.6 Å². The van der Waals surface area contributed by atoms with Gasteiger partial charge in [-0.1, -0.05) is 47.5 Å². The van der Waals surface area contributed by atoms with Crippen molar-refractivity contribution in [2.24, 2.45) is 0 Å². The van der Waals surface area contributed by atoms with E-state index in [4.69, 9.17) is 4.98 Å². The summed E-state index contributed by atoms with van der Waals surface area (Å²) in [5.74, 6) is 0. The second kappa shape index (κ2) is 7.25. The Balaban J connectivity index is 2.60. The molecule has 0 radical (unpaired) electrons. The van der Waals surface area contributed by atoms with Crippen LogP contribution in [0.5, 0.6) is 0 Å². The normalized spacial score (nSPS) is 13.8. The SMILES string of the molecule is CCCCC(Cc1nc(C(C)(C)C)cs1)NCC. The van der Waals surface area contributed by atoms with Gasteiger partial charge in [0, 0.05) is 23.3 Å². The molecule has 0 bridgehead atoms. The van der Waals surface area contributed by atoms with Gasteiger partial charge in [0.2, 0.25) is 0 Å². The molecule has 1 unspecified atom stereocenters. The molecule has 1 aromatic rings. The summed E-state index contributed by atoms with van der Waals surface area (Å²) >= 11 is 1.81. The maximum Gasteiger partial charge on any atom is 0.0944 e. The number of unbranched alkanes of at least 4 members (excludes halogenated alkanes) is 1. The topological polar surface area (TPSA) is 24.9 Å². The minimum absolute atomic E-state index is 0.172. The number of likely N-dealkylation sites (N-methyl/N-ethyl adjacent to an activating group) is 1. The third kappa shape index (κ3) is 5.07. The first kappa shape index (κ1) is 15.6. The molecule has 0 fully saturated rings. The summed E-state index contributed by atoms with van der Waals surface area (Å²) in [6.07, 6.45) is 4.91. The van der Waals surface area contributed by atoms with Crippen molar-refractivity contribution in [3.8, 4) is 0 Å². The van der Waals surface area contributed by atoms with E-state index in [2.05, 4.69) is 45.3 Å². The summed E-state index contributed by atoms with van der Waals surface area (Å²) in [6, 6.07) is 0.592. The molecule has 1 aromatic heterocycles. The number of hydrogen-bond acceptors (Lipinski definition) is 3. The Morgan fingerprint density at radius 3 is 2.56 bits per heavy atom. The first-order valence-electron chi connectivity index (χ1n) is 7.15. The lowest BCUT2D eigenvalue weighted by molar-refractivity contribution is 0.471. The van der Waals surface area contributed by atoms with E-state index in [1.165, 1.54) is 30.0 Å². The van der Waals surface area contributed by atoms with Crippen LogP contribution in [0, 0.1) is 0 Å². The zero-order chi connectivity index (χ0) is 13.6. The zero-order valence-electron chi connectivity index (χ0n) is 12.5. The third-order valence-electron chi connectivity index (χ3n) is 3.14. The van der Waals surface area contributed by atoms with Crippen molar-refractivity contribution in [2.45, 2.75) is 71.8 Å². The van der Waals surface area contributed by atoms with Crippen LogP contribution in [-0.2, 0) is 11.8 Å². The molecule has 0 saturated heterocycles. The van der Waals surface area contributed by atoms with Crippen LogP contribution in [0.15, 0.2) is 5.38 Å². The summed E-state index contributed by atoms with van der Waals surface area (Å²) in [5.41, 5.74) is 1.40. The average Bonchev–Trinajstić information content (AvgIpc) is 2.74. The van der Waals surface area contributed by atoms with Gasteiger partial charge in [-0.2, -0.15) is 0 Å². The molecule has 1 atom stereocenters. The highest BCUT2D eigenvalue weighted by molar-refractivity contribution is 7.09. The Hall–Kier alpha value is -0.410. The summed E-state index contributed by atoms with van der Waals surface area (Å²) in [5, 5.41) is 7.08. The molecule has 0 aliphatic rings. The van der Waals surface area contributed by atoms with Gasteiger partial charge >= 0.3 is 0 Å². The lowest BCUT2D eigenvalue weighted by Gasteiger charge is -2.17. The fourth-order valence-electron chi connectivity index (χ4n) is 1.98. The van der Waals surface area contributed by atoms with Crippen LogP contribution >= 0.6 is 11.3 Å². The second-order valence-electron chi connectivity index (χ2n) is 5.98. The Morgan fingerprint density at radius 2 is 2.06 bits per heavy atom. The number of nitrogens with one attached hydrogen (secondary N) is 1. The number of thiazole rings is 1. The Morgan fingerprint density at radius 1 is 1.33 bits per heavy atom. The number of aromatic nitrogens is 1. The molecule has 0 aromatic carbocycles. The molecule has 1 rings (SSSR count).